The molecule has 5 atom stereocenters. The van der Waals surface area contributed by atoms with Crippen LogP contribution in [-0.4, -0.2) is 69.9 Å². The van der Waals surface area contributed by atoms with Crippen LogP contribution in [0.1, 0.15) is 38.7 Å². The Balaban J connectivity index is 3.04. The fourth-order valence-corrected chi connectivity index (χ4v) is 3.24. The first-order valence-electron chi connectivity index (χ1n) is 11.3. The van der Waals surface area contributed by atoms with Crippen molar-refractivity contribution in [2.24, 2.45) is 17.4 Å². The second-order valence-electron chi connectivity index (χ2n) is 8.40. The van der Waals surface area contributed by atoms with Gasteiger partial charge in [-0.15, -0.1) is 0 Å². The van der Waals surface area contributed by atoms with Gasteiger partial charge in [0.1, 0.15) is 18.1 Å². The van der Waals surface area contributed by atoms with E-state index in [9.17, 15) is 33.9 Å². The number of aliphatic carboxylic acids is 2. The SMILES string of the molecule is CCC(C)C(NC(=O)C(N)CC(=O)O)C(=O)NC(CC(N)=O)C(=O)NC(Cc1ccccc1)C(=O)O. The molecule has 0 bridgehead atoms. The molecule has 1 aromatic carbocycles. The molecule has 5 unspecified atom stereocenters. The number of nitrogens with one attached hydrogen (secondary N) is 3. The highest BCUT2D eigenvalue weighted by molar-refractivity contribution is 5.96. The first-order valence-corrected chi connectivity index (χ1v) is 11.3. The maximum atomic E-state index is 13.0. The predicted octanol–water partition coefficient (Wildman–Crippen LogP) is -1.51. The molecule has 0 radical (unpaired) electrons. The monoisotopic (exact) mass is 507 g/mol. The van der Waals surface area contributed by atoms with E-state index in [0.717, 1.165) is 0 Å². The number of carbonyl (C=O) groups is 6. The predicted molar refractivity (Wildman–Crippen MR) is 127 cm³/mol. The summed E-state index contributed by atoms with van der Waals surface area (Å²) in [5, 5.41) is 25.4. The molecule has 0 fully saturated rings. The van der Waals surface area contributed by atoms with E-state index in [0.29, 0.717) is 12.0 Å². The molecule has 13 nitrogen and oxygen atoms in total. The van der Waals surface area contributed by atoms with Gasteiger partial charge in [-0.2, -0.15) is 0 Å². The Morgan fingerprint density at radius 3 is 1.94 bits per heavy atom. The fourth-order valence-electron chi connectivity index (χ4n) is 3.24. The van der Waals surface area contributed by atoms with Gasteiger partial charge in [0.05, 0.1) is 18.9 Å². The van der Waals surface area contributed by atoms with Crippen molar-refractivity contribution >= 4 is 35.6 Å². The van der Waals surface area contributed by atoms with Crippen molar-refractivity contribution in [1.82, 2.24) is 16.0 Å². The number of hydrogen-bond acceptors (Lipinski definition) is 7. The molecule has 198 valence electrons. The average Bonchev–Trinajstić information content (AvgIpc) is 2.80. The Hall–Kier alpha value is -4.00. The molecule has 9 N–H and O–H groups in total. The molecule has 0 heterocycles. The summed E-state index contributed by atoms with van der Waals surface area (Å²) < 4.78 is 0. The third-order valence-corrected chi connectivity index (χ3v) is 5.46. The molecule has 1 aromatic rings. The minimum Gasteiger partial charge on any atom is -0.481 e. The third-order valence-electron chi connectivity index (χ3n) is 5.46. The summed E-state index contributed by atoms with van der Waals surface area (Å²) >= 11 is 0. The highest BCUT2D eigenvalue weighted by atomic mass is 16.4. The van der Waals surface area contributed by atoms with Gasteiger partial charge < -0.3 is 37.6 Å². The van der Waals surface area contributed by atoms with Crippen molar-refractivity contribution in [2.75, 3.05) is 0 Å². The molecule has 0 aromatic heterocycles. The zero-order valence-corrected chi connectivity index (χ0v) is 20.1. The van der Waals surface area contributed by atoms with Gasteiger partial charge >= 0.3 is 11.9 Å². The van der Waals surface area contributed by atoms with Crippen molar-refractivity contribution in [3.63, 3.8) is 0 Å². The third kappa shape index (κ3) is 10.1. The maximum absolute atomic E-state index is 13.0. The molecule has 1 rings (SSSR count). The highest BCUT2D eigenvalue weighted by Gasteiger charge is 2.33. The molecule has 13 heteroatoms. The lowest BCUT2D eigenvalue weighted by Crippen LogP contribution is -2.59. The van der Waals surface area contributed by atoms with Crippen LogP contribution in [0.15, 0.2) is 30.3 Å². The largest absolute Gasteiger partial charge is 0.481 e. The van der Waals surface area contributed by atoms with E-state index < -0.39 is 78.5 Å². The number of rotatable bonds is 15. The van der Waals surface area contributed by atoms with Crippen LogP contribution >= 0.6 is 0 Å². The fraction of sp³-hybridized carbons (Fsp3) is 0.478. The number of carboxylic acid groups (broad SMARTS) is 2. The Labute approximate surface area is 208 Å². The molecule has 0 saturated carbocycles. The van der Waals surface area contributed by atoms with Crippen LogP contribution in [0.4, 0.5) is 0 Å². The summed E-state index contributed by atoms with van der Waals surface area (Å²) in [4.78, 5) is 72.3. The average molecular weight is 508 g/mol. The molecule has 0 aliphatic carbocycles. The quantitative estimate of drug-likeness (QED) is 0.146. The minimum absolute atomic E-state index is 0.0494. The lowest BCUT2D eigenvalue weighted by Gasteiger charge is -2.27. The Bertz CT molecular complexity index is 955. The van der Waals surface area contributed by atoms with Gasteiger partial charge in [0, 0.05) is 6.42 Å². The number of amides is 4. The van der Waals surface area contributed by atoms with E-state index >= 15 is 0 Å². The van der Waals surface area contributed by atoms with Crippen LogP contribution in [0.25, 0.3) is 0 Å². The van der Waals surface area contributed by atoms with Crippen molar-refractivity contribution < 1.29 is 39.0 Å². The molecular weight excluding hydrogens is 474 g/mol. The van der Waals surface area contributed by atoms with Crippen LogP contribution in [0.5, 0.6) is 0 Å². The van der Waals surface area contributed by atoms with E-state index in [1.165, 1.54) is 0 Å². The van der Waals surface area contributed by atoms with E-state index in [4.69, 9.17) is 16.6 Å². The molecular formula is C23H33N5O8. The van der Waals surface area contributed by atoms with Crippen LogP contribution in [0.3, 0.4) is 0 Å². The number of carboxylic acids is 2. The molecule has 0 aliphatic rings. The van der Waals surface area contributed by atoms with E-state index in [-0.39, 0.29) is 6.42 Å². The number of carbonyl (C=O) groups excluding carboxylic acids is 4. The Morgan fingerprint density at radius 2 is 1.44 bits per heavy atom. The number of nitrogens with two attached hydrogens (primary N) is 2. The second kappa shape index (κ2) is 14.4. The molecule has 0 aliphatic heterocycles. The van der Waals surface area contributed by atoms with Gasteiger partial charge in [-0.3, -0.25) is 24.0 Å². The molecule has 0 saturated heterocycles. The summed E-state index contributed by atoms with van der Waals surface area (Å²) in [6.45, 7) is 3.37. The van der Waals surface area contributed by atoms with Crippen molar-refractivity contribution in [2.45, 2.75) is 63.7 Å². The zero-order chi connectivity index (χ0) is 27.4. The maximum Gasteiger partial charge on any atom is 0.326 e. The standard InChI is InChI=1S/C23H33N5O8/c1-3-12(2)19(28-20(32)14(24)10-18(30)31)22(34)26-15(11-17(25)29)21(33)27-16(23(35)36)9-13-7-5-4-6-8-13/h4-8,12,14-16,19H,3,9-11,24H2,1-2H3,(H2,25,29)(H,26,34)(H,27,33)(H,28,32)(H,30,31)(H,35,36). The summed E-state index contributed by atoms with van der Waals surface area (Å²) in [5.41, 5.74) is 11.4. The van der Waals surface area contributed by atoms with Crippen LogP contribution in [-0.2, 0) is 35.2 Å². The van der Waals surface area contributed by atoms with Crippen LogP contribution < -0.4 is 27.4 Å². The molecule has 4 amide bonds. The normalized spacial score (nSPS) is 14.9. The van der Waals surface area contributed by atoms with Gasteiger partial charge in [-0.05, 0) is 11.5 Å². The van der Waals surface area contributed by atoms with Gasteiger partial charge in [-0.25, -0.2) is 4.79 Å². The lowest BCUT2D eigenvalue weighted by atomic mass is 9.97. The van der Waals surface area contributed by atoms with Crippen LogP contribution in [0.2, 0.25) is 0 Å². The van der Waals surface area contributed by atoms with Gasteiger partial charge in [-0.1, -0.05) is 50.6 Å². The first-order chi connectivity index (χ1) is 16.8. The second-order valence-corrected chi connectivity index (χ2v) is 8.40. The Morgan fingerprint density at radius 1 is 0.861 bits per heavy atom. The van der Waals surface area contributed by atoms with Gasteiger partial charge in [0.25, 0.3) is 0 Å². The Kier molecular flexibility index (Phi) is 12.0. The van der Waals surface area contributed by atoms with E-state index in [1.807, 2.05) is 0 Å². The summed E-state index contributed by atoms with van der Waals surface area (Å²) in [5.74, 6) is -6.72. The summed E-state index contributed by atoms with van der Waals surface area (Å²) in [6, 6.07) is 3.01. The van der Waals surface area contributed by atoms with Crippen molar-refractivity contribution in [3.05, 3.63) is 35.9 Å². The number of hydrogen-bond donors (Lipinski definition) is 7. The van der Waals surface area contributed by atoms with Crippen LogP contribution in [0, 0.1) is 5.92 Å². The minimum atomic E-state index is -1.52. The summed E-state index contributed by atoms with van der Waals surface area (Å²) in [7, 11) is 0. The van der Waals surface area contributed by atoms with Gasteiger partial charge in [0.15, 0.2) is 0 Å². The van der Waals surface area contributed by atoms with E-state index in [2.05, 4.69) is 16.0 Å². The van der Waals surface area contributed by atoms with Crippen molar-refractivity contribution in [1.29, 1.82) is 0 Å². The number of benzene rings is 1. The highest BCUT2D eigenvalue weighted by Crippen LogP contribution is 2.10. The molecule has 36 heavy (non-hydrogen) atoms. The molecule has 0 spiro atoms. The van der Waals surface area contributed by atoms with Gasteiger partial charge in [0.2, 0.25) is 23.6 Å². The smallest absolute Gasteiger partial charge is 0.326 e. The summed E-state index contributed by atoms with van der Waals surface area (Å²) in [6.07, 6.45) is -0.927. The lowest BCUT2D eigenvalue weighted by molar-refractivity contribution is -0.142. The van der Waals surface area contributed by atoms with Crippen molar-refractivity contribution in [3.8, 4) is 0 Å². The van der Waals surface area contributed by atoms with E-state index in [1.54, 1.807) is 44.2 Å². The zero-order valence-electron chi connectivity index (χ0n) is 20.1. The first kappa shape index (κ1) is 30.0. The topological polar surface area (TPSA) is 231 Å². The number of primary amides is 1.